The van der Waals surface area contributed by atoms with Gasteiger partial charge in [0.05, 0.1) is 6.54 Å². The van der Waals surface area contributed by atoms with E-state index in [1.54, 1.807) is 12.4 Å². The molecule has 4 heteroatoms. The summed E-state index contributed by atoms with van der Waals surface area (Å²) >= 11 is 3.35. The maximum Gasteiger partial charge on any atom is 0.135 e. The van der Waals surface area contributed by atoms with Crippen LogP contribution in [0.1, 0.15) is 5.76 Å². The molecule has 2 aromatic rings. The van der Waals surface area contributed by atoms with E-state index >= 15 is 0 Å². The molecule has 0 saturated carbocycles. The fraction of sp³-hybridized carbons (Fsp3) is 0.100. The Morgan fingerprint density at radius 3 is 2.86 bits per heavy atom. The number of halogens is 1. The van der Waals surface area contributed by atoms with E-state index in [2.05, 4.69) is 20.9 Å². The van der Waals surface area contributed by atoms with Gasteiger partial charge in [-0.15, -0.1) is 0 Å². The van der Waals surface area contributed by atoms with Gasteiger partial charge in [-0.05, 0) is 34.1 Å². The van der Waals surface area contributed by atoms with Crippen molar-refractivity contribution in [2.45, 2.75) is 6.54 Å². The Morgan fingerprint density at radius 1 is 1.36 bits per heavy atom. The van der Waals surface area contributed by atoms with Gasteiger partial charge in [0.1, 0.15) is 11.5 Å². The number of hydrogen-bond donors (Lipinski definition) is 1. The fourth-order valence-corrected chi connectivity index (χ4v) is 1.55. The number of nitrogens with two attached hydrogens (primary N) is 1. The van der Waals surface area contributed by atoms with Crippen molar-refractivity contribution in [1.29, 1.82) is 0 Å². The molecule has 0 aliphatic rings. The minimum atomic E-state index is 0.418. The first-order chi connectivity index (χ1) is 6.79. The van der Waals surface area contributed by atoms with Crippen molar-refractivity contribution in [1.82, 2.24) is 4.98 Å². The van der Waals surface area contributed by atoms with Gasteiger partial charge in [0.25, 0.3) is 0 Å². The van der Waals surface area contributed by atoms with Crippen molar-refractivity contribution < 1.29 is 4.42 Å². The summed E-state index contributed by atoms with van der Waals surface area (Å²) in [6, 6.07) is 5.72. The first-order valence-corrected chi connectivity index (χ1v) is 4.98. The highest BCUT2D eigenvalue weighted by atomic mass is 79.9. The molecule has 0 unspecified atom stereocenters. The largest absolute Gasteiger partial charge is 0.460 e. The van der Waals surface area contributed by atoms with Gasteiger partial charge in [-0.2, -0.15) is 0 Å². The summed E-state index contributed by atoms with van der Waals surface area (Å²) in [4.78, 5) is 4.06. The van der Waals surface area contributed by atoms with Gasteiger partial charge in [-0.25, -0.2) is 0 Å². The number of furan rings is 1. The average molecular weight is 253 g/mol. The summed E-state index contributed by atoms with van der Waals surface area (Å²) < 4.78 is 6.42. The number of rotatable bonds is 2. The molecule has 2 aromatic heterocycles. The van der Waals surface area contributed by atoms with Crippen molar-refractivity contribution in [3.8, 4) is 11.3 Å². The second-order valence-corrected chi connectivity index (χ2v) is 3.78. The Bertz CT molecular complexity index is 439. The van der Waals surface area contributed by atoms with E-state index in [0.29, 0.717) is 6.54 Å². The molecule has 0 aliphatic carbocycles. The lowest BCUT2D eigenvalue weighted by Gasteiger charge is -1.96. The fourth-order valence-electron chi connectivity index (χ4n) is 1.19. The number of hydrogen-bond acceptors (Lipinski definition) is 3. The van der Waals surface area contributed by atoms with Gasteiger partial charge in [0.2, 0.25) is 0 Å². The monoisotopic (exact) mass is 252 g/mol. The van der Waals surface area contributed by atoms with Crippen LogP contribution >= 0.6 is 15.9 Å². The SMILES string of the molecule is NCc1ccc(-c2cncc(Br)c2)o1. The van der Waals surface area contributed by atoms with E-state index < -0.39 is 0 Å². The van der Waals surface area contributed by atoms with Crippen LogP contribution in [0.2, 0.25) is 0 Å². The highest BCUT2D eigenvalue weighted by Crippen LogP contribution is 2.23. The van der Waals surface area contributed by atoms with Gasteiger partial charge in [-0.1, -0.05) is 0 Å². The molecule has 0 saturated heterocycles. The molecule has 72 valence electrons. The Labute approximate surface area is 90.1 Å². The third-order valence-corrected chi connectivity index (χ3v) is 2.29. The lowest BCUT2D eigenvalue weighted by Crippen LogP contribution is -1.92. The Kier molecular flexibility index (Phi) is 2.65. The van der Waals surface area contributed by atoms with Gasteiger partial charge in [-0.3, -0.25) is 4.98 Å². The van der Waals surface area contributed by atoms with Crippen LogP contribution in [0.5, 0.6) is 0 Å². The highest BCUT2D eigenvalue weighted by molar-refractivity contribution is 9.10. The molecular formula is C10H9BrN2O. The van der Waals surface area contributed by atoms with Crippen molar-refractivity contribution in [3.63, 3.8) is 0 Å². The van der Waals surface area contributed by atoms with Crippen LogP contribution in [0.3, 0.4) is 0 Å². The molecule has 2 heterocycles. The zero-order valence-electron chi connectivity index (χ0n) is 7.40. The minimum absolute atomic E-state index is 0.418. The summed E-state index contributed by atoms with van der Waals surface area (Å²) in [6.45, 7) is 0.418. The summed E-state index contributed by atoms with van der Waals surface area (Å²) in [5.41, 5.74) is 6.40. The smallest absolute Gasteiger partial charge is 0.135 e. The first-order valence-electron chi connectivity index (χ1n) is 4.19. The minimum Gasteiger partial charge on any atom is -0.460 e. The predicted molar refractivity (Wildman–Crippen MR) is 57.5 cm³/mol. The van der Waals surface area contributed by atoms with E-state index in [4.69, 9.17) is 10.2 Å². The number of nitrogens with zero attached hydrogens (tertiary/aromatic N) is 1. The van der Waals surface area contributed by atoms with Gasteiger partial charge in [0.15, 0.2) is 0 Å². The number of aromatic nitrogens is 1. The molecule has 0 amide bonds. The quantitative estimate of drug-likeness (QED) is 0.894. The van der Waals surface area contributed by atoms with E-state index in [1.807, 2.05) is 18.2 Å². The van der Waals surface area contributed by atoms with Crippen molar-refractivity contribution in [2.75, 3.05) is 0 Å². The van der Waals surface area contributed by atoms with Crippen LogP contribution in [-0.4, -0.2) is 4.98 Å². The first kappa shape index (κ1) is 9.43. The summed E-state index contributed by atoms with van der Waals surface area (Å²) in [5, 5.41) is 0. The molecule has 0 radical (unpaired) electrons. The third-order valence-electron chi connectivity index (χ3n) is 1.85. The van der Waals surface area contributed by atoms with Crippen LogP contribution in [-0.2, 0) is 6.54 Å². The summed E-state index contributed by atoms with van der Waals surface area (Å²) in [5.74, 6) is 1.57. The third kappa shape index (κ3) is 1.86. The van der Waals surface area contributed by atoms with Crippen LogP contribution in [0.15, 0.2) is 39.5 Å². The van der Waals surface area contributed by atoms with Gasteiger partial charge in [0, 0.05) is 22.4 Å². The van der Waals surface area contributed by atoms with E-state index in [9.17, 15) is 0 Å². The lowest BCUT2D eigenvalue weighted by atomic mass is 10.2. The van der Waals surface area contributed by atoms with Crippen LogP contribution in [0, 0.1) is 0 Å². The lowest BCUT2D eigenvalue weighted by molar-refractivity contribution is 0.525. The second kappa shape index (κ2) is 3.94. The molecule has 2 N–H and O–H groups in total. The Morgan fingerprint density at radius 2 is 2.21 bits per heavy atom. The second-order valence-electron chi connectivity index (χ2n) is 2.86. The van der Waals surface area contributed by atoms with Crippen molar-refractivity contribution in [2.24, 2.45) is 5.73 Å². The molecule has 0 aliphatic heterocycles. The van der Waals surface area contributed by atoms with Crippen LogP contribution in [0.25, 0.3) is 11.3 Å². The maximum absolute atomic E-state index is 5.49. The standard InChI is InChI=1S/C10H9BrN2O/c11-8-3-7(5-13-6-8)10-2-1-9(4-12)14-10/h1-3,5-6H,4,12H2. The normalized spacial score (nSPS) is 10.4. The molecule has 0 spiro atoms. The molecule has 0 bridgehead atoms. The van der Waals surface area contributed by atoms with E-state index in [-0.39, 0.29) is 0 Å². The number of pyridine rings is 1. The van der Waals surface area contributed by atoms with Crippen LogP contribution in [0.4, 0.5) is 0 Å². The predicted octanol–water partition coefficient (Wildman–Crippen LogP) is 2.56. The molecular weight excluding hydrogens is 244 g/mol. The highest BCUT2D eigenvalue weighted by Gasteiger charge is 2.04. The van der Waals surface area contributed by atoms with Gasteiger partial charge >= 0.3 is 0 Å². The molecule has 0 atom stereocenters. The summed E-state index contributed by atoms with van der Waals surface area (Å²) in [7, 11) is 0. The molecule has 0 aromatic carbocycles. The zero-order valence-corrected chi connectivity index (χ0v) is 8.99. The van der Waals surface area contributed by atoms with Crippen molar-refractivity contribution >= 4 is 15.9 Å². The van der Waals surface area contributed by atoms with E-state index in [1.165, 1.54) is 0 Å². The van der Waals surface area contributed by atoms with Gasteiger partial charge < -0.3 is 10.2 Å². The molecule has 3 nitrogen and oxygen atoms in total. The zero-order chi connectivity index (χ0) is 9.97. The topological polar surface area (TPSA) is 52.0 Å². The molecule has 0 fully saturated rings. The molecule has 14 heavy (non-hydrogen) atoms. The Balaban J connectivity index is 2.39. The average Bonchev–Trinajstić information content (AvgIpc) is 2.66. The molecule has 2 rings (SSSR count). The maximum atomic E-state index is 5.49. The van der Waals surface area contributed by atoms with Crippen LogP contribution < -0.4 is 5.73 Å². The Hall–Kier alpha value is -1.13. The summed E-state index contributed by atoms with van der Waals surface area (Å²) in [6.07, 6.45) is 3.49. The van der Waals surface area contributed by atoms with Crippen molar-refractivity contribution in [3.05, 3.63) is 40.8 Å². The van der Waals surface area contributed by atoms with E-state index in [0.717, 1.165) is 21.6 Å².